The van der Waals surface area contributed by atoms with Crippen molar-refractivity contribution in [2.45, 2.75) is 20.3 Å². The van der Waals surface area contributed by atoms with Crippen molar-refractivity contribution >= 4 is 29.0 Å². The molecule has 1 amide bonds. The van der Waals surface area contributed by atoms with Gasteiger partial charge in [-0.2, -0.15) is 0 Å². The summed E-state index contributed by atoms with van der Waals surface area (Å²) in [6, 6.07) is 7.28. The molecule has 0 unspecified atom stereocenters. The van der Waals surface area contributed by atoms with E-state index in [1.165, 1.54) is 0 Å². The Labute approximate surface area is 133 Å². The number of fused-ring (bicyclic) bond motifs is 1. The highest BCUT2D eigenvalue weighted by Gasteiger charge is 2.19. The second kappa shape index (κ2) is 5.77. The number of carbonyl (C=O) groups is 1. The highest BCUT2D eigenvalue weighted by atomic mass is 35.5. The van der Waals surface area contributed by atoms with Gasteiger partial charge in [-0.1, -0.05) is 24.6 Å². The predicted molar refractivity (Wildman–Crippen MR) is 86.5 cm³/mol. The third kappa shape index (κ3) is 2.55. The average Bonchev–Trinajstić information content (AvgIpc) is 2.87. The third-order valence-corrected chi connectivity index (χ3v) is 3.67. The molecular formula is C16H15ClN4O. The number of rotatable bonds is 3. The maximum Gasteiger partial charge on any atom is 0.275 e. The number of nitrogens with one attached hydrogen (secondary N) is 1. The molecule has 3 heterocycles. The fourth-order valence-corrected chi connectivity index (χ4v) is 2.50. The van der Waals surface area contributed by atoms with Gasteiger partial charge < -0.3 is 5.32 Å². The van der Waals surface area contributed by atoms with Gasteiger partial charge in [-0.3, -0.25) is 9.20 Å². The van der Waals surface area contributed by atoms with Crippen LogP contribution in [0.3, 0.4) is 0 Å². The van der Waals surface area contributed by atoms with Gasteiger partial charge in [-0.05, 0) is 37.1 Å². The number of halogens is 1. The zero-order valence-electron chi connectivity index (χ0n) is 12.3. The van der Waals surface area contributed by atoms with E-state index in [4.69, 9.17) is 11.6 Å². The molecule has 3 aromatic heterocycles. The standard InChI is InChI=1S/C16H15ClN4O/c1-3-12-14(21-9-11(17)6-7-13(21)19-12)16(22)20-15-10(2)5-4-8-18-15/h4-9H,3H2,1-2H3,(H,18,20,22). The lowest BCUT2D eigenvalue weighted by molar-refractivity contribution is 0.102. The molecule has 112 valence electrons. The number of aromatic nitrogens is 3. The van der Waals surface area contributed by atoms with Crippen LogP contribution in [0.1, 0.15) is 28.7 Å². The Morgan fingerprint density at radius 1 is 1.36 bits per heavy atom. The lowest BCUT2D eigenvalue weighted by atomic mass is 10.2. The minimum Gasteiger partial charge on any atom is -0.305 e. The first-order valence-corrected chi connectivity index (χ1v) is 7.37. The molecule has 0 fully saturated rings. The van der Waals surface area contributed by atoms with Crippen molar-refractivity contribution in [3.8, 4) is 0 Å². The number of amides is 1. The second-order valence-electron chi connectivity index (χ2n) is 4.96. The molecule has 3 rings (SSSR count). The Morgan fingerprint density at radius 3 is 2.91 bits per heavy atom. The molecule has 0 aliphatic rings. The predicted octanol–water partition coefficient (Wildman–Crippen LogP) is 3.51. The van der Waals surface area contributed by atoms with Crippen molar-refractivity contribution in [1.82, 2.24) is 14.4 Å². The van der Waals surface area contributed by atoms with Gasteiger partial charge in [0.15, 0.2) is 0 Å². The van der Waals surface area contributed by atoms with E-state index in [9.17, 15) is 4.79 Å². The normalized spacial score (nSPS) is 10.9. The highest BCUT2D eigenvalue weighted by molar-refractivity contribution is 6.30. The maximum atomic E-state index is 12.7. The van der Waals surface area contributed by atoms with E-state index in [0.717, 1.165) is 11.3 Å². The van der Waals surface area contributed by atoms with Gasteiger partial charge in [0.2, 0.25) is 0 Å². The number of hydrogen-bond donors (Lipinski definition) is 1. The van der Waals surface area contributed by atoms with Crippen LogP contribution in [0.5, 0.6) is 0 Å². The molecule has 0 radical (unpaired) electrons. The number of imidazole rings is 1. The summed E-state index contributed by atoms with van der Waals surface area (Å²) in [6.07, 6.45) is 4.00. The van der Waals surface area contributed by atoms with E-state index in [1.807, 2.05) is 26.0 Å². The number of pyridine rings is 2. The van der Waals surface area contributed by atoms with E-state index < -0.39 is 0 Å². The first-order valence-electron chi connectivity index (χ1n) is 6.99. The zero-order valence-corrected chi connectivity index (χ0v) is 13.1. The molecule has 0 aliphatic heterocycles. The Kier molecular flexibility index (Phi) is 3.81. The Balaban J connectivity index is 2.06. The van der Waals surface area contributed by atoms with E-state index in [0.29, 0.717) is 28.6 Å². The maximum absolute atomic E-state index is 12.7. The minimum atomic E-state index is -0.242. The summed E-state index contributed by atoms with van der Waals surface area (Å²) >= 11 is 6.04. The topological polar surface area (TPSA) is 59.3 Å². The molecule has 0 bridgehead atoms. The van der Waals surface area contributed by atoms with Crippen molar-refractivity contribution < 1.29 is 4.79 Å². The SMILES string of the molecule is CCc1nc2ccc(Cl)cn2c1C(=O)Nc1ncccc1C. The van der Waals surface area contributed by atoms with Gasteiger partial charge in [0, 0.05) is 12.4 Å². The summed E-state index contributed by atoms with van der Waals surface area (Å²) in [7, 11) is 0. The Hall–Kier alpha value is -2.40. The second-order valence-corrected chi connectivity index (χ2v) is 5.40. The van der Waals surface area contributed by atoms with Crippen LogP contribution < -0.4 is 5.32 Å². The lowest BCUT2D eigenvalue weighted by Crippen LogP contribution is -2.17. The van der Waals surface area contributed by atoms with Crippen molar-refractivity contribution in [3.05, 3.63) is 58.6 Å². The molecule has 6 heteroatoms. The lowest BCUT2D eigenvalue weighted by Gasteiger charge is -2.08. The summed E-state index contributed by atoms with van der Waals surface area (Å²) < 4.78 is 1.72. The fraction of sp³-hybridized carbons (Fsp3) is 0.188. The number of nitrogens with zero attached hydrogens (tertiary/aromatic N) is 3. The summed E-state index contributed by atoms with van der Waals surface area (Å²) in [4.78, 5) is 21.4. The molecule has 0 aliphatic carbocycles. The smallest absolute Gasteiger partial charge is 0.275 e. The van der Waals surface area contributed by atoms with Crippen LogP contribution in [0, 0.1) is 6.92 Å². The summed E-state index contributed by atoms with van der Waals surface area (Å²) in [5.74, 6) is 0.306. The monoisotopic (exact) mass is 314 g/mol. The molecule has 0 saturated carbocycles. The van der Waals surface area contributed by atoms with Crippen LogP contribution in [0.2, 0.25) is 5.02 Å². The Morgan fingerprint density at radius 2 is 2.18 bits per heavy atom. The van der Waals surface area contributed by atoms with Crippen LogP contribution in [-0.4, -0.2) is 20.3 Å². The van der Waals surface area contributed by atoms with Crippen molar-refractivity contribution in [2.75, 3.05) is 5.32 Å². The van der Waals surface area contributed by atoms with Crippen LogP contribution in [0.15, 0.2) is 36.7 Å². The molecule has 0 saturated heterocycles. The van der Waals surface area contributed by atoms with Crippen molar-refractivity contribution in [3.63, 3.8) is 0 Å². The highest BCUT2D eigenvalue weighted by Crippen LogP contribution is 2.19. The molecule has 0 aromatic carbocycles. The molecule has 3 aromatic rings. The molecule has 22 heavy (non-hydrogen) atoms. The van der Waals surface area contributed by atoms with Gasteiger partial charge in [-0.15, -0.1) is 0 Å². The van der Waals surface area contributed by atoms with E-state index >= 15 is 0 Å². The van der Waals surface area contributed by atoms with Crippen molar-refractivity contribution in [2.24, 2.45) is 0 Å². The van der Waals surface area contributed by atoms with E-state index in [1.54, 1.807) is 28.9 Å². The fourth-order valence-electron chi connectivity index (χ4n) is 2.34. The van der Waals surface area contributed by atoms with Gasteiger partial charge >= 0.3 is 0 Å². The van der Waals surface area contributed by atoms with Gasteiger partial charge in [-0.25, -0.2) is 9.97 Å². The minimum absolute atomic E-state index is 0.242. The number of aryl methyl sites for hydroxylation is 2. The molecule has 0 spiro atoms. The average molecular weight is 315 g/mol. The van der Waals surface area contributed by atoms with Crippen molar-refractivity contribution in [1.29, 1.82) is 0 Å². The zero-order chi connectivity index (χ0) is 15.7. The van der Waals surface area contributed by atoms with E-state index in [-0.39, 0.29) is 5.91 Å². The van der Waals surface area contributed by atoms with Crippen LogP contribution >= 0.6 is 11.6 Å². The molecular weight excluding hydrogens is 300 g/mol. The molecule has 0 atom stereocenters. The first-order chi connectivity index (χ1) is 10.6. The quantitative estimate of drug-likeness (QED) is 0.805. The van der Waals surface area contributed by atoms with Crippen LogP contribution in [0.4, 0.5) is 5.82 Å². The third-order valence-electron chi connectivity index (χ3n) is 3.45. The number of carbonyl (C=O) groups excluding carboxylic acids is 1. The van der Waals surface area contributed by atoms with Crippen LogP contribution in [-0.2, 0) is 6.42 Å². The van der Waals surface area contributed by atoms with Gasteiger partial charge in [0.05, 0.1) is 10.7 Å². The van der Waals surface area contributed by atoms with Gasteiger partial charge in [0.1, 0.15) is 17.2 Å². The number of hydrogen-bond acceptors (Lipinski definition) is 3. The largest absolute Gasteiger partial charge is 0.305 e. The first kappa shape index (κ1) is 14.5. The molecule has 5 nitrogen and oxygen atoms in total. The van der Waals surface area contributed by atoms with Crippen LogP contribution in [0.25, 0.3) is 5.65 Å². The summed E-state index contributed by atoms with van der Waals surface area (Å²) in [5.41, 5.74) is 2.82. The number of anilines is 1. The summed E-state index contributed by atoms with van der Waals surface area (Å²) in [6.45, 7) is 3.86. The van der Waals surface area contributed by atoms with E-state index in [2.05, 4.69) is 15.3 Å². The van der Waals surface area contributed by atoms with Gasteiger partial charge in [0.25, 0.3) is 5.91 Å². The summed E-state index contributed by atoms with van der Waals surface area (Å²) in [5, 5.41) is 3.40. The Bertz CT molecular complexity index is 856. The molecule has 1 N–H and O–H groups in total.